The molecule has 0 aliphatic rings. The predicted molar refractivity (Wildman–Crippen MR) is 144 cm³/mol. The molecule has 0 saturated carbocycles. The van der Waals surface area contributed by atoms with Crippen molar-refractivity contribution in [3.8, 4) is 0 Å². The second kappa shape index (κ2) is 13.7. The van der Waals surface area contributed by atoms with Crippen LogP contribution in [0.5, 0.6) is 0 Å². The van der Waals surface area contributed by atoms with E-state index in [1.165, 1.54) is 32.4 Å². The van der Waals surface area contributed by atoms with Gasteiger partial charge in [0.2, 0.25) is 5.76 Å². The normalized spacial score (nSPS) is 11.2. The van der Waals surface area contributed by atoms with Crippen molar-refractivity contribution in [2.24, 2.45) is 0 Å². The Morgan fingerprint density at radius 3 is 2.08 bits per heavy atom. The van der Waals surface area contributed by atoms with E-state index in [1.54, 1.807) is 48.5 Å². The van der Waals surface area contributed by atoms with Gasteiger partial charge in [-0.2, -0.15) is 0 Å². The Labute approximate surface area is 231 Å². The summed E-state index contributed by atoms with van der Waals surface area (Å²) in [5.74, 6) is -3.46. The second-order valence-electron chi connectivity index (χ2n) is 8.27. The second-order valence-corrected chi connectivity index (χ2v) is 8.27. The Morgan fingerprint density at radius 2 is 1.52 bits per heavy atom. The molecular formula is C29H30N2O9. The van der Waals surface area contributed by atoms with Crippen LogP contribution in [0, 0.1) is 0 Å². The molecule has 0 amide bonds. The summed E-state index contributed by atoms with van der Waals surface area (Å²) in [5, 5.41) is 0. The molecule has 40 heavy (non-hydrogen) atoms. The number of hydrogen-bond donors (Lipinski definition) is 0. The van der Waals surface area contributed by atoms with Gasteiger partial charge in [0.25, 0.3) is 0 Å². The van der Waals surface area contributed by atoms with Gasteiger partial charge in [0.15, 0.2) is 0 Å². The Hall–Kier alpha value is -4.93. The number of pyridine rings is 1. The minimum Gasteiger partial charge on any atom is -0.469 e. The minimum absolute atomic E-state index is 0.101. The maximum absolute atomic E-state index is 13.3. The number of methoxy groups -OCH3 is 4. The van der Waals surface area contributed by atoms with Crippen molar-refractivity contribution in [3.63, 3.8) is 0 Å². The molecule has 1 aromatic carbocycles. The summed E-state index contributed by atoms with van der Waals surface area (Å²) in [4.78, 5) is 57.8. The molecular weight excluding hydrogens is 520 g/mol. The SMILES string of the molecule is CCCc1oc(C(=O)OC)c(C(=O)OC)c1N(/C(=C(\CC(=O)OC)C(=O)OC)c1ccccn1)c1ccccc1. The van der Waals surface area contributed by atoms with E-state index in [4.69, 9.17) is 23.4 Å². The molecule has 0 N–H and O–H groups in total. The van der Waals surface area contributed by atoms with E-state index in [0.29, 0.717) is 18.5 Å². The summed E-state index contributed by atoms with van der Waals surface area (Å²) in [6.45, 7) is 1.89. The number of para-hydroxylation sites is 1. The van der Waals surface area contributed by atoms with Crippen LogP contribution >= 0.6 is 0 Å². The van der Waals surface area contributed by atoms with Gasteiger partial charge in [-0.3, -0.25) is 9.78 Å². The maximum Gasteiger partial charge on any atom is 0.374 e. The number of rotatable bonds is 11. The minimum atomic E-state index is -0.900. The highest BCUT2D eigenvalue weighted by Crippen LogP contribution is 2.44. The first-order valence-electron chi connectivity index (χ1n) is 12.3. The molecule has 3 aromatic rings. The molecule has 0 aliphatic heterocycles. The van der Waals surface area contributed by atoms with Gasteiger partial charge in [-0.05, 0) is 30.7 Å². The fraction of sp³-hybridized carbons (Fsp3) is 0.276. The van der Waals surface area contributed by atoms with Crippen molar-refractivity contribution < 1.29 is 42.5 Å². The van der Waals surface area contributed by atoms with E-state index in [-0.39, 0.29) is 39.7 Å². The Balaban J connectivity index is 2.60. The monoisotopic (exact) mass is 550 g/mol. The van der Waals surface area contributed by atoms with E-state index in [2.05, 4.69) is 4.98 Å². The molecule has 0 atom stereocenters. The third kappa shape index (κ3) is 6.20. The smallest absolute Gasteiger partial charge is 0.374 e. The summed E-state index contributed by atoms with van der Waals surface area (Å²) >= 11 is 0. The number of furan rings is 1. The van der Waals surface area contributed by atoms with Gasteiger partial charge in [0.1, 0.15) is 17.0 Å². The summed E-state index contributed by atoms with van der Waals surface area (Å²) in [6, 6.07) is 13.7. The molecule has 210 valence electrons. The molecule has 0 radical (unpaired) electrons. The van der Waals surface area contributed by atoms with Crippen LogP contribution in [-0.4, -0.2) is 57.3 Å². The molecule has 3 rings (SSSR count). The fourth-order valence-corrected chi connectivity index (χ4v) is 4.08. The van der Waals surface area contributed by atoms with Gasteiger partial charge >= 0.3 is 23.9 Å². The summed E-state index contributed by atoms with van der Waals surface area (Å²) in [7, 11) is 4.70. The summed E-state index contributed by atoms with van der Waals surface area (Å²) in [5.41, 5.74) is 0.591. The number of hydrogen-bond acceptors (Lipinski definition) is 11. The van der Waals surface area contributed by atoms with Crippen LogP contribution in [-0.2, 0) is 35.0 Å². The van der Waals surface area contributed by atoms with E-state index >= 15 is 0 Å². The van der Waals surface area contributed by atoms with Crippen LogP contribution in [0.15, 0.2) is 64.7 Å². The quantitative estimate of drug-likeness (QED) is 0.190. The van der Waals surface area contributed by atoms with Gasteiger partial charge in [-0.1, -0.05) is 31.2 Å². The fourth-order valence-electron chi connectivity index (χ4n) is 4.08. The zero-order valence-electron chi connectivity index (χ0n) is 22.9. The van der Waals surface area contributed by atoms with Gasteiger partial charge in [0, 0.05) is 18.3 Å². The summed E-state index contributed by atoms with van der Waals surface area (Å²) < 4.78 is 25.8. The number of carbonyl (C=O) groups is 4. The molecule has 0 spiro atoms. The lowest BCUT2D eigenvalue weighted by Crippen LogP contribution is -2.25. The number of nitrogens with zero attached hydrogens (tertiary/aromatic N) is 2. The standard InChI is InChI=1S/C29H30N2O9/c1-6-12-21-25(23(28(34)38-4)26(40-21)29(35)39-5)31(18-13-8-7-9-14-18)24(20-15-10-11-16-30-20)19(27(33)37-3)17-22(32)36-2/h7-11,13-16H,6,12,17H2,1-5H3/b24-19+. The lowest BCUT2D eigenvalue weighted by molar-refractivity contribution is -0.143. The lowest BCUT2D eigenvalue weighted by Gasteiger charge is -2.30. The predicted octanol–water partition coefficient (Wildman–Crippen LogP) is 4.49. The van der Waals surface area contributed by atoms with Crippen molar-refractivity contribution in [1.82, 2.24) is 4.98 Å². The molecule has 0 fully saturated rings. The molecule has 0 bridgehead atoms. The number of ether oxygens (including phenoxy) is 4. The van der Waals surface area contributed by atoms with Crippen LogP contribution in [0.25, 0.3) is 5.70 Å². The number of carbonyl (C=O) groups excluding carboxylic acids is 4. The molecule has 0 saturated heterocycles. The zero-order valence-corrected chi connectivity index (χ0v) is 22.9. The van der Waals surface area contributed by atoms with E-state index in [9.17, 15) is 19.2 Å². The molecule has 0 unspecified atom stereocenters. The van der Waals surface area contributed by atoms with Crippen LogP contribution < -0.4 is 4.90 Å². The zero-order chi connectivity index (χ0) is 29.2. The van der Waals surface area contributed by atoms with Crippen LogP contribution in [0.4, 0.5) is 11.4 Å². The largest absolute Gasteiger partial charge is 0.469 e. The highest BCUT2D eigenvalue weighted by atomic mass is 16.5. The third-order valence-electron chi connectivity index (χ3n) is 5.83. The van der Waals surface area contributed by atoms with Crippen molar-refractivity contribution in [2.75, 3.05) is 33.3 Å². The van der Waals surface area contributed by atoms with Gasteiger partial charge in [0.05, 0.1) is 51.8 Å². The van der Waals surface area contributed by atoms with Gasteiger partial charge in [-0.15, -0.1) is 0 Å². The number of benzene rings is 1. The summed E-state index contributed by atoms with van der Waals surface area (Å²) in [6.07, 6.45) is 1.88. The Bertz CT molecular complexity index is 1400. The van der Waals surface area contributed by atoms with Crippen molar-refractivity contribution >= 4 is 40.9 Å². The topological polar surface area (TPSA) is 134 Å². The first-order chi connectivity index (χ1) is 19.3. The van der Waals surface area contributed by atoms with E-state index in [0.717, 1.165) is 7.11 Å². The van der Waals surface area contributed by atoms with Crippen LogP contribution in [0.1, 0.15) is 52.1 Å². The number of esters is 4. The molecule has 11 heteroatoms. The van der Waals surface area contributed by atoms with Crippen LogP contribution in [0.2, 0.25) is 0 Å². The van der Waals surface area contributed by atoms with Crippen molar-refractivity contribution in [2.45, 2.75) is 26.2 Å². The lowest BCUT2D eigenvalue weighted by atomic mass is 10.0. The molecule has 2 heterocycles. The number of anilines is 2. The average Bonchev–Trinajstić information content (AvgIpc) is 3.37. The Kier molecular flexibility index (Phi) is 10.2. The van der Waals surface area contributed by atoms with Crippen molar-refractivity contribution in [3.05, 3.63) is 83.1 Å². The first kappa shape index (κ1) is 29.6. The van der Waals surface area contributed by atoms with Gasteiger partial charge in [-0.25, -0.2) is 14.4 Å². The van der Waals surface area contributed by atoms with Crippen LogP contribution in [0.3, 0.4) is 0 Å². The highest BCUT2D eigenvalue weighted by molar-refractivity contribution is 6.11. The average molecular weight is 551 g/mol. The number of aryl methyl sites for hydroxylation is 1. The Morgan fingerprint density at radius 1 is 0.850 bits per heavy atom. The first-order valence-corrected chi connectivity index (χ1v) is 12.3. The molecule has 2 aromatic heterocycles. The van der Waals surface area contributed by atoms with Gasteiger partial charge < -0.3 is 28.3 Å². The number of aromatic nitrogens is 1. The van der Waals surface area contributed by atoms with E-state index in [1.807, 2.05) is 6.92 Å². The van der Waals surface area contributed by atoms with Crippen molar-refractivity contribution in [1.29, 1.82) is 0 Å². The molecule has 11 nitrogen and oxygen atoms in total. The third-order valence-corrected chi connectivity index (χ3v) is 5.83. The highest BCUT2D eigenvalue weighted by Gasteiger charge is 2.38. The van der Waals surface area contributed by atoms with E-state index < -0.39 is 30.3 Å². The maximum atomic E-state index is 13.3. The molecule has 0 aliphatic carbocycles.